The van der Waals surface area contributed by atoms with Gasteiger partial charge < -0.3 is 9.47 Å². The molecular weight excluding hydrogens is 469 g/mol. The van der Waals surface area contributed by atoms with Crippen LogP contribution in [0, 0.1) is 11.3 Å². The standard InChI is InChI=1S/C22H18ClF3N8/c1-32-12-29-30-21(32)13-2-4-33(5-3-13)19-14(9-27)7-17(23)8-18(19)15-6-16-11-34(22(24,25)26)31-20(16)28-10-15/h6-8,10-13H,2-5H2,1H3. The van der Waals surface area contributed by atoms with E-state index in [0.717, 1.165) is 24.9 Å². The van der Waals surface area contributed by atoms with Crippen molar-refractivity contribution in [1.82, 2.24) is 29.5 Å². The predicted molar refractivity (Wildman–Crippen MR) is 119 cm³/mol. The Bertz CT molecular complexity index is 1410. The maximum absolute atomic E-state index is 13.1. The van der Waals surface area contributed by atoms with E-state index >= 15 is 0 Å². The molecule has 0 amide bonds. The van der Waals surface area contributed by atoms with Crippen molar-refractivity contribution in [2.45, 2.75) is 25.1 Å². The molecule has 0 unspecified atom stereocenters. The Morgan fingerprint density at radius 2 is 1.94 bits per heavy atom. The lowest BCUT2D eigenvalue weighted by molar-refractivity contribution is -0.211. The second-order valence-corrected chi connectivity index (χ2v) is 8.64. The number of alkyl halides is 3. The molecule has 1 aliphatic rings. The highest BCUT2D eigenvalue weighted by molar-refractivity contribution is 6.31. The van der Waals surface area contributed by atoms with Crippen LogP contribution in [0.25, 0.3) is 22.2 Å². The molecule has 0 radical (unpaired) electrons. The summed E-state index contributed by atoms with van der Waals surface area (Å²) in [6, 6.07) is 7.11. The van der Waals surface area contributed by atoms with E-state index in [1.807, 2.05) is 11.6 Å². The van der Waals surface area contributed by atoms with Gasteiger partial charge in [-0.1, -0.05) is 11.6 Å². The Hall–Kier alpha value is -3.65. The normalized spacial score (nSPS) is 15.1. The van der Waals surface area contributed by atoms with Gasteiger partial charge in [0.2, 0.25) is 0 Å². The molecule has 4 aromatic rings. The van der Waals surface area contributed by atoms with Crippen molar-refractivity contribution in [3.8, 4) is 17.2 Å². The van der Waals surface area contributed by atoms with Gasteiger partial charge in [0.05, 0.1) is 11.3 Å². The molecule has 0 bridgehead atoms. The average Bonchev–Trinajstić information content (AvgIpc) is 3.44. The summed E-state index contributed by atoms with van der Waals surface area (Å²) in [4.78, 5) is 6.24. The number of nitrogens with zero attached hydrogens (tertiary/aromatic N) is 8. The number of piperidine rings is 1. The van der Waals surface area contributed by atoms with E-state index in [9.17, 15) is 18.4 Å². The van der Waals surface area contributed by atoms with E-state index in [-0.39, 0.29) is 21.6 Å². The van der Waals surface area contributed by atoms with Gasteiger partial charge in [-0.05, 0) is 31.0 Å². The highest BCUT2D eigenvalue weighted by atomic mass is 35.5. The third kappa shape index (κ3) is 3.94. The molecule has 1 saturated heterocycles. The number of pyridine rings is 1. The Labute approximate surface area is 197 Å². The zero-order valence-electron chi connectivity index (χ0n) is 18.0. The van der Waals surface area contributed by atoms with Crippen LogP contribution >= 0.6 is 11.6 Å². The van der Waals surface area contributed by atoms with E-state index in [2.05, 4.69) is 31.2 Å². The van der Waals surface area contributed by atoms with Gasteiger partial charge in [0.25, 0.3) is 0 Å². The molecule has 8 nitrogen and oxygen atoms in total. The predicted octanol–water partition coefficient (Wildman–Crippen LogP) is 4.61. The minimum absolute atomic E-state index is 0.0188. The number of benzene rings is 1. The van der Waals surface area contributed by atoms with E-state index in [4.69, 9.17) is 11.6 Å². The van der Waals surface area contributed by atoms with Crippen LogP contribution < -0.4 is 4.90 Å². The van der Waals surface area contributed by atoms with Gasteiger partial charge >= 0.3 is 6.30 Å². The van der Waals surface area contributed by atoms with Crippen LogP contribution in [0.2, 0.25) is 5.02 Å². The first-order valence-corrected chi connectivity index (χ1v) is 10.9. The van der Waals surface area contributed by atoms with Crippen molar-refractivity contribution in [3.05, 3.63) is 53.3 Å². The lowest BCUT2D eigenvalue weighted by Crippen LogP contribution is -2.34. The number of hydrogen-bond acceptors (Lipinski definition) is 6. The molecule has 34 heavy (non-hydrogen) atoms. The molecule has 4 heterocycles. The van der Waals surface area contributed by atoms with Crippen molar-refractivity contribution in [1.29, 1.82) is 5.26 Å². The maximum Gasteiger partial charge on any atom is 0.504 e. The van der Waals surface area contributed by atoms with Gasteiger partial charge in [0.15, 0.2) is 5.65 Å². The number of fused-ring (bicyclic) bond motifs is 1. The van der Waals surface area contributed by atoms with Gasteiger partial charge in [-0.3, -0.25) is 0 Å². The second kappa shape index (κ2) is 8.29. The summed E-state index contributed by atoms with van der Waals surface area (Å²) in [6.45, 7) is 1.34. The number of halogens is 4. The molecule has 174 valence electrons. The highest BCUT2D eigenvalue weighted by Gasteiger charge is 2.32. The van der Waals surface area contributed by atoms with Crippen molar-refractivity contribution in [2.24, 2.45) is 7.05 Å². The summed E-state index contributed by atoms with van der Waals surface area (Å²) in [5.74, 6) is 1.17. The number of rotatable bonds is 3. The molecule has 0 aliphatic carbocycles. The van der Waals surface area contributed by atoms with Crippen molar-refractivity contribution in [2.75, 3.05) is 18.0 Å². The minimum atomic E-state index is -4.64. The molecule has 1 aromatic carbocycles. The van der Waals surface area contributed by atoms with Crippen LogP contribution in [0.5, 0.6) is 0 Å². The summed E-state index contributed by atoms with van der Waals surface area (Å²) in [5.41, 5.74) is 2.25. The van der Waals surface area contributed by atoms with Gasteiger partial charge in [-0.2, -0.15) is 9.94 Å². The monoisotopic (exact) mass is 486 g/mol. The molecule has 12 heteroatoms. The number of aryl methyl sites for hydroxylation is 1. The Kier molecular flexibility index (Phi) is 5.40. The van der Waals surface area contributed by atoms with Crippen LogP contribution in [-0.2, 0) is 13.3 Å². The number of hydrogen-bond donors (Lipinski definition) is 0. The Balaban J connectivity index is 1.53. The maximum atomic E-state index is 13.1. The topological polar surface area (TPSA) is 88.4 Å². The average molecular weight is 487 g/mol. The number of anilines is 1. The molecule has 0 saturated carbocycles. The fourth-order valence-corrected chi connectivity index (χ4v) is 4.68. The zero-order chi connectivity index (χ0) is 24.0. The van der Waals surface area contributed by atoms with Crippen LogP contribution in [0.1, 0.15) is 30.1 Å². The van der Waals surface area contributed by atoms with E-state index in [1.165, 1.54) is 6.20 Å². The van der Waals surface area contributed by atoms with E-state index < -0.39 is 6.30 Å². The molecule has 0 atom stereocenters. The first-order chi connectivity index (χ1) is 16.2. The summed E-state index contributed by atoms with van der Waals surface area (Å²) in [7, 11) is 1.91. The molecule has 3 aromatic heterocycles. The van der Waals surface area contributed by atoms with Crippen molar-refractivity contribution in [3.63, 3.8) is 0 Å². The second-order valence-electron chi connectivity index (χ2n) is 8.20. The van der Waals surface area contributed by atoms with Gasteiger partial charge in [0, 0.05) is 60.0 Å². The summed E-state index contributed by atoms with van der Waals surface area (Å²) < 4.78 is 41.1. The van der Waals surface area contributed by atoms with Gasteiger partial charge in [0.1, 0.15) is 18.2 Å². The summed E-state index contributed by atoms with van der Waals surface area (Å²) in [6.07, 6.45) is 1.02. The molecule has 0 N–H and O–H groups in total. The lowest BCUT2D eigenvalue weighted by atomic mass is 9.93. The first kappa shape index (κ1) is 22.2. The van der Waals surface area contributed by atoms with Gasteiger partial charge in [-0.15, -0.1) is 28.5 Å². The number of nitriles is 1. The molecule has 1 fully saturated rings. The third-order valence-electron chi connectivity index (χ3n) is 6.05. The highest BCUT2D eigenvalue weighted by Crippen LogP contribution is 2.40. The third-order valence-corrected chi connectivity index (χ3v) is 6.27. The Morgan fingerprint density at radius 3 is 2.59 bits per heavy atom. The molecule has 0 spiro atoms. The minimum Gasteiger partial charge on any atom is -0.370 e. The van der Waals surface area contributed by atoms with Gasteiger partial charge in [-0.25, -0.2) is 4.98 Å². The molecule has 5 rings (SSSR count). The van der Waals surface area contributed by atoms with E-state index in [0.29, 0.717) is 40.5 Å². The van der Waals surface area contributed by atoms with Crippen molar-refractivity contribution >= 4 is 28.3 Å². The smallest absolute Gasteiger partial charge is 0.370 e. The zero-order valence-corrected chi connectivity index (χ0v) is 18.7. The molecular formula is C22H18ClF3N8. The van der Waals surface area contributed by atoms with Crippen molar-refractivity contribution < 1.29 is 13.2 Å². The number of aromatic nitrogens is 6. The van der Waals surface area contributed by atoms with Crippen LogP contribution in [0.15, 0.2) is 36.9 Å². The van der Waals surface area contributed by atoms with E-state index in [1.54, 1.807) is 24.5 Å². The largest absolute Gasteiger partial charge is 0.504 e. The van der Waals surface area contributed by atoms with Crippen LogP contribution in [-0.4, -0.2) is 42.6 Å². The SMILES string of the molecule is Cn1cnnc1C1CCN(c2c(C#N)cc(Cl)cc2-c2cnc3nn(C(F)(F)F)cc3c2)CC1. The van der Waals surface area contributed by atoms with Crippen LogP contribution in [0.4, 0.5) is 18.9 Å². The molecule has 1 aliphatic heterocycles. The quantitative estimate of drug-likeness (QED) is 0.420. The Morgan fingerprint density at radius 1 is 1.18 bits per heavy atom. The first-order valence-electron chi connectivity index (χ1n) is 10.5. The fraction of sp³-hybridized carbons (Fsp3) is 0.318. The summed E-state index contributed by atoms with van der Waals surface area (Å²) >= 11 is 6.31. The van der Waals surface area contributed by atoms with Crippen LogP contribution in [0.3, 0.4) is 0 Å². The fourth-order valence-electron chi connectivity index (χ4n) is 4.46. The lowest BCUT2D eigenvalue weighted by Gasteiger charge is -2.35. The summed E-state index contributed by atoms with van der Waals surface area (Å²) in [5, 5.41) is 22.1.